The van der Waals surface area contributed by atoms with Crippen LogP contribution in [-0.2, 0) is 23.1 Å². The first-order valence-corrected chi connectivity index (χ1v) is 14.6. The molecular weight excluding hydrogens is 579 g/mol. The van der Waals surface area contributed by atoms with Crippen molar-refractivity contribution in [3.8, 4) is 0 Å². The van der Waals surface area contributed by atoms with E-state index in [1.807, 2.05) is 0 Å². The van der Waals surface area contributed by atoms with E-state index in [-0.39, 0.29) is 23.1 Å². The summed E-state index contributed by atoms with van der Waals surface area (Å²) in [6.45, 7) is -0.408. The summed E-state index contributed by atoms with van der Waals surface area (Å²) >= 11 is 0. The number of hydrogen-bond acceptors (Lipinski definition) is 15. The Bertz CT molecular complexity index is 1760. The van der Waals surface area contributed by atoms with Gasteiger partial charge in [-0.1, -0.05) is 6.42 Å². The van der Waals surface area contributed by atoms with Gasteiger partial charge >= 0.3 is 7.82 Å². The van der Waals surface area contributed by atoms with Crippen LogP contribution in [0.5, 0.6) is 0 Å². The number of ether oxygens (including phenoxy) is 2. The average Bonchev–Trinajstić information content (AvgIpc) is 3.68. The third-order valence-electron chi connectivity index (χ3n) is 7.85. The second kappa shape index (κ2) is 10.0. The van der Waals surface area contributed by atoms with Gasteiger partial charge < -0.3 is 36.0 Å². The number of nitrogens with two attached hydrogens (primary N) is 2. The van der Waals surface area contributed by atoms with Gasteiger partial charge in [0.15, 0.2) is 29.3 Å². The fourth-order valence-electron chi connectivity index (χ4n) is 5.90. The summed E-state index contributed by atoms with van der Waals surface area (Å²) in [6.07, 6.45) is -2.29. The van der Waals surface area contributed by atoms with Crippen LogP contribution in [0.2, 0.25) is 0 Å². The molecule has 8 N–H and O–H groups in total. The minimum atomic E-state index is -4.84. The predicted octanol–water partition coefficient (Wildman–Crippen LogP) is -1.06. The van der Waals surface area contributed by atoms with Crippen molar-refractivity contribution in [1.29, 1.82) is 0 Å². The van der Waals surface area contributed by atoms with Crippen LogP contribution in [-0.4, -0.2) is 91.3 Å². The minimum absolute atomic E-state index is 0.0200. The van der Waals surface area contributed by atoms with Crippen LogP contribution >= 0.6 is 7.82 Å². The van der Waals surface area contributed by atoms with E-state index in [0.29, 0.717) is 30.4 Å². The number of rotatable bonds is 2. The van der Waals surface area contributed by atoms with E-state index in [9.17, 15) is 24.5 Å². The number of nitrogens with one attached hydrogen (secondary N) is 1. The summed E-state index contributed by atoms with van der Waals surface area (Å²) < 4.78 is 39.0. The molecule has 42 heavy (non-hydrogen) atoms. The molecule has 3 fully saturated rings. The van der Waals surface area contributed by atoms with Crippen LogP contribution in [0.25, 0.3) is 22.3 Å². The van der Waals surface area contributed by atoms with E-state index < -0.39 is 68.9 Å². The third-order valence-corrected chi connectivity index (χ3v) is 8.84. The van der Waals surface area contributed by atoms with Gasteiger partial charge in [0, 0.05) is 5.92 Å². The zero-order valence-electron chi connectivity index (χ0n) is 21.7. The Morgan fingerprint density at radius 3 is 2.57 bits per heavy atom. The lowest BCUT2D eigenvalue weighted by Crippen LogP contribution is -2.35. The van der Waals surface area contributed by atoms with Crippen molar-refractivity contribution < 1.29 is 38.2 Å². The number of anilines is 2. The van der Waals surface area contributed by atoms with Gasteiger partial charge in [-0.3, -0.25) is 28.0 Å². The number of fused-ring (bicyclic) bond motifs is 5. The maximum absolute atomic E-state index is 13.1. The van der Waals surface area contributed by atoms with Crippen LogP contribution in [0, 0.1) is 5.92 Å². The van der Waals surface area contributed by atoms with Crippen LogP contribution in [0.3, 0.4) is 0 Å². The van der Waals surface area contributed by atoms with Crippen molar-refractivity contribution in [2.24, 2.45) is 5.92 Å². The zero-order valence-corrected chi connectivity index (χ0v) is 22.6. The maximum Gasteiger partial charge on any atom is 0.472 e. The Balaban J connectivity index is 1.17. The van der Waals surface area contributed by atoms with E-state index in [2.05, 4.69) is 29.9 Å². The Labute approximate surface area is 235 Å². The number of aliphatic hydroxyl groups excluding tert-OH is 2. The molecule has 1 unspecified atom stereocenters. The summed E-state index contributed by atoms with van der Waals surface area (Å²) in [5, 5.41) is 22.4. The average molecular weight is 606 g/mol. The standard InChI is InChI=1S/C22H27N10O9P/c23-21-25-4-9-16(28-21)31(6-26-9)19-13(33)8-2-1-3-10-14(34)15(41-42(36,37)38-5-11(8)40-19)20(39-10)32-7-27-12-17(32)29-22(24)30-18(12)35/h4,6-8,10-11,13-15,19-20,33-34H,1-3,5H2,(H,36,37)(H2,23,25,28)(H3,24,29,30,35)/t8-,10-,11-,13-,14-,15-,19-,20-/m1/s1. The molecule has 4 aromatic rings. The van der Waals surface area contributed by atoms with Crippen molar-refractivity contribution in [1.82, 2.24) is 39.0 Å². The van der Waals surface area contributed by atoms with Gasteiger partial charge in [0.05, 0.1) is 37.7 Å². The van der Waals surface area contributed by atoms with Gasteiger partial charge in [-0.2, -0.15) is 9.97 Å². The Morgan fingerprint density at radius 2 is 1.74 bits per heavy atom. The highest BCUT2D eigenvalue weighted by Gasteiger charge is 2.51. The number of aliphatic hydroxyl groups is 2. The largest absolute Gasteiger partial charge is 0.472 e. The second-order valence-electron chi connectivity index (χ2n) is 10.4. The van der Waals surface area contributed by atoms with Crippen molar-refractivity contribution in [3.05, 3.63) is 29.2 Å². The number of nitrogen functional groups attached to an aromatic ring is 2. The van der Waals surface area contributed by atoms with E-state index in [1.165, 1.54) is 28.0 Å². The van der Waals surface area contributed by atoms with E-state index in [4.69, 9.17) is 30.0 Å². The van der Waals surface area contributed by atoms with Crippen molar-refractivity contribution in [3.63, 3.8) is 0 Å². The van der Waals surface area contributed by atoms with Gasteiger partial charge in [0.2, 0.25) is 11.9 Å². The molecule has 3 aliphatic rings. The fourth-order valence-corrected chi connectivity index (χ4v) is 6.83. The van der Waals surface area contributed by atoms with Gasteiger partial charge in [0.25, 0.3) is 5.56 Å². The van der Waals surface area contributed by atoms with E-state index >= 15 is 0 Å². The molecule has 0 saturated carbocycles. The molecule has 2 bridgehead atoms. The number of hydrogen-bond donors (Lipinski definition) is 6. The molecule has 3 saturated heterocycles. The molecule has 0 aliphatic carbocycles. The minimum Gasteiger partial charge on any atom is -0.388 e. The lowest BCUT2D eigenvalue weighted by Gasteiger charge is -2.26. The molecule has 7 heterocycles. The van der Waals surface area contributed by atoms with Gasteiger partial charge in [0.1, 0.15) is 23.8 Å². The Morgan fingerprint density at radius 1 is 0.976 bits per heavy atom. The van der Waals surface area contributed by atoms with Crippen molar-refractivity contribution >= 4 is 42.0 Å². The molecule has 3 aliphatic heterocycles. The fraction of sp³-hybridized carbons (Fsp3) is 0.545. The number of phosphoric acid groups is 1. The van der Waals surface area contributed by atoms with Crippen molar-refractivity contribution in [2.45, 2.75) is 62.2 Å². The molecule has 4 aromatic heterocycles. The highest BCUT2D eigenvalue weighted by atomic mass is 31.2. The van der Waals surface area contributed by atoms with Gasteiger partial charge in [-0.05, 0) is 12.8 Å². The zero-order chi connectivity index (χ0) is 29.3. The molecule has 19 nitrogen and oxygen atoms in total. The van der Waals surface area contributed by atoms with Crippen LogP contribution < -0.4 is 17.0 Å². The molecule has 0 radical (unpaired) electrons. The maximum atomic E-state index is 13.1. The quantitative estimate of drug-likeness (QED) is 0.148. The first-order valence-electron chi connectivity index (χ1n) is 13.1. The SMILES string of the molecule is Nc1ncc2ncn([C@@H]3O[C@@H]4COP(=O)(O)O[C@@H]5[C@H](O)[C@@H](CCC[C@H]4[C@H]3O)O[C@H]5n3cnc4c(=O)[nH]c(N)nc43)c2n1. The summed E-state index contributed by atoms with van der Waals surface area (Å²) in [5.41, 5.74) is 11.6. The lowest BCUT2D eigenvalue weighted by molar-refractivity contribution is -0.0568. The number of nitrogens with zero attached hydrogens (tertiary/aromatic N) is 7. The number of aromatic nitrogens is 8. The van der Waals surface area contributed by atoms with E-state index in [0.717, 1.165) is 0 Å². The molecule has 20 heteroatoms. The molecule has 224 valence electrons. The van der Waals surface area contributed by atoms with Crippen LogP contribution in [0.4, 0.5) is 11.9 Å². The number of aromatic amines is 1. The first kappa shape index (κ1) is 27.3. The highest BCUT2D eigenvalue weighted by molar-refractivity contribution is 7.47. The normalized spacial score (nSPS) is 35.7. The highest BCUT2D eigenvalue weighted by Crippen LogP contribution is 2.51. The Hall–Kier alpha value is -3.55. The molecule has 7 rings (SSSR count). The van der Waals surface area contributed by atoms with Crippen LogP contribution in [0.15, 0.2) is 23.6 Å². The molecular formula is C22H27N10O9P. The monoisotopic (exact) mass is 606 g/mol. The molecule has 0 amide bonds. The summed E-state index contributed by atoms with van der Waals surface area (Å²) in [4.78, 5) is 45.8. The van der Waals surface area contributed by atoms with Crippen molar-refractivity contribution in [2.75, 3.05) is 18.1 Å². The summed E-state index contributed by atoms with van der Waals surface area (Å²) in [6, 6.07) is 0. The van der Waals surface area contributed by atoms with E-state index in [1.54, 1.807) is 0 Å². The Kier molecular flexibility index (Phi) is 6.51. The molecule has 0 spiro atoms. The van der Waals surface area contributed by atoms with Crippen LogP contribution in [0.1, 0.15) is 31.7 Å². The molecule has 0 aromatic carbocycles. The number of phosphoric ester groups is 1. The summed E-state index contributed by atoms with van der Waals surface area (Å²) in [7, 11) is -4.84. The van der Waals surface area contributed by atoms with Gasteiger partial charge in [-0.15, -0.1) is 0 Å². The predicted molar refractivity (Wildman–Crippen MR) is 140 cm³/mol. The number of H-pyrrole nitrogens is 1. The first-order chi connectivity index (χ1) is 20.1. The topological polar surface area (TPSA) is 274 Å². The smallest absolute Gasteiger partial charge is 0.388 e. The second-order valence-corrected chi connectivity index (χ2v) is 11.8. The van der Waals surface area contributed by atoms with Gasteiger partial charge in [-0.25, -0.2) is 19.5 Å². The number of imidazole rings is 2. The third kappa shape index (κ3) is 4.54. The molecule has 9 atom stereocenters. The lowest BCUT2D eigenvalue weighted by atomic mass is 9.91. The summed E-state index contributed by atoms with van der Waals surface area (Å²) in [5.74, 6) is -0.689.